The largest absolute Gasteiger partial charge is 0.399 e. The van der Waals surface area contributed by atoms with E-state index in [2.05, 4.69) is 12.2 Å². The molecule has 96 valence electrons. The number of nitrogens with two attached hydrogens (primary N) is 1. The molecule has 18 heavy (non-hydrogen) atoms. The molecule has 0 aromatic heterocycles. The third-order valence-electron chi connectivity index (χ3n) is 3.27. The van der Waals surface area contributed by atoms with E-state index in [1.54, 1.807) is 6.08 Å². The molecule has 2 unspecified atom stereocenters. The maximum absolute atomic E-state index is 11.7. The highest BCUT2D eigenvalue weighted by molar-refractivity contribution is 5.92. The van der Waals surface area contributed by atoms with Crippen molar-refractivity contribution in [3.63, 3.8) is 0 Å². The zero-order valence-corrected chi connectivity index (χ0v) is 10.7. The minimum Gasteiger partial charge on any atom is -0.399 e. The number of hydrogen-bond acceptors (Lipinski definition) is 2. The smallest absolute Gasteiger partial charge is 0.244 e. The Bertz CT molecular complexity index is 436. The molecule has 0 radical (unpaired) electrons. The first-order chi connectivity index (χ1) is 8.69. The summed E-state index contributed by atoms with van der Waals surface area (Å²) in [5.41, 5.74) is 7.32. The average Bonchev–Trinajstić information content (AvgIpc) is 3.07. The van der Waals surface area contributed by atoms with E-state index in [-0.39, 0.29) is 5.91 Å². The van der Waals surface area contributed by atoms with Crippen LogP contribution in [0.1, 0.15) is 31.7 Å². The van der Waals surface area contributed by atoms with Crippen LogP contribution in [-0.4, -0.2) is 11.9 Å². The highest BCUT2D eigenvalue weighted by Gasteiger charge is 2.36. The third kappa shape index (κ3) is 3.62. The molecule has 0 heterocycles. The molecule has 1 aliphatic rings. The number of amides is 1. The van der Waals surface area contributed by atoms with Crippen LogP contribution in [0.15, 0.2) is 30.3 Å². The summed E-state index contributed by atoms with van der Waals surface area (Å²) in [7, 11) is 0. The first-order valence-corrected chi connectivity index (χ1v) is 6.53. The zero-order chi connectivity index (χ0) is 13.0. The van der Waals surface area contributed by atoms with Gasteiger partial charge in [0.15, 0.2) is 0 Å². The zero-order valence-electron chi connectivity index (χ0n) is 10.7. The second kappa shape index (κ2) is 5.71. The van der Waals surface area contributed by atoms with Gasteiger partial charge in [-0.05, 0) is 42.5 Å². The van der Waals surface area contributed by atoms with E-state index in [1.807, 2.05) is 30.3 Å². The summed E-state index contributed by atoms with van der Waals surface area (Å²) in [5, 5.41) is 3.02. The summed E-state index contributed by atoms with van der Waals surface area (Å²) in [6.07, 6.45) is 6.94. The van der Waals surface area contributed by atoms with E-state index in [1.165, 1.54) is 12.8 Å². The van der Waals surface area contributed by atoms with Crippen molar-refractivity contribution in [2.24, 2.45) is 5.92 Å². The predicted molar refractivity (Wildman–Crippen MR) is 74.8 cm³/mol. The van der Waals surface area contributed by atoms with Crippen molar-refractivity contribution in [2.75, 3.05) is 5.73 Å². The lowest BCUT2D eigenvalue weighted by molar-refractivity contribution is -0.116. The standard InChI is InChI=1S/C15H20N2O/c1-2-3-12-10-14(12)17-15(18)9-6-11-4-7-13(16)8-5-11/h4-9,12,14H,2-3,10,16H2,1H3,(H,17,18)/b9-6+. The van der Waals surface area contributed by atoms with Crippen molar-refractivity contribution in [1.29, 1.82) is 0 Å². The Morgan fingerprint density at radius 1 is 1.44 bits per heavy atom. The van der Waals surface area contributed by atoms with Gasteiger partial charge in [0.25, 0.3) is 0 Å². The summed E-state index contributed by atoms with van der Waals surface area (Å²) < 4.78 is 0. The Hall–Kier alpha value is -1.77. The molecular weight excluding hydrogens is 224 g/mol. The van der Waals surface area contributed by atoms with Crippen LogP contribution in [0.3, 0.4) is 0 Å². The topological polar surface area (TPSA) is 55.1 Å². The van der Waals surface area contributed by atoms with Gasteiger partial charge in [0.2, 0.25) is 5.91 Å². The molecule has 1 amide bonds. The van der Waals surface area contributed by atoms with E-state index < -0.39 is 0 Å². The molecule has 3 nitrogen and oxygen atoms in total. The fraction of sp³-hybridized carbons (Fsp3) is 0.400. The van der Waals surface area contributed by atoms with Gasteiger partial charge >= 0.3 is 0 Å². The second-order valence-electron chi connectivity index (χ2n) is 4.90. The average molecular weight is 244 g/mol. The Morgan fingerprint density at radius 2 is 2.17 bits per heavy atom. The molecule has 3 heteroatoms. The number of nitrogens with one attached hydrogen (secondary N) is 1. The molecule has 1 aliphatic carbocycles. The molecule has 0 aliphatic heterocycles. The van der Waals surface area contributed by atoms with Crippen LogP contribution in [0.4, 0.5) is 5.69 Å². The molecule has 1 aromatic rings. The monoisotopic (exact) mass is 244 g/mol. The number of anilines is 1. The first-order valence-electron chi connectivity index (χ1n) is 6.53. The summed E-state index contributed by atoms with van der Waals surface area (Å²) >= 11 is 0. The fourth-order valence-electron chi connectivity index (χ4n) is 2.12. The lowest BCUT2D eigenvalue weighted by Gasteiger charge is -2.00. The number of hydrogen-bond donors (Lipinski definition) is 2. The molecule has 0 bridgehead atoms. The summed E-state index contributed by atoms with van der Waals surface area (Å²) in [6.45, 7) is 2.18. The van der Waals surface area contributed by atoms with Crippen LogP contribution in [-0.2, 0) is 4.79 Å². The van der Waals surface area contributed by atoms with Crippen molar-refractivity contribution in [2.45, 2.75) is 32.2 Å². The normalized spacial score (nSPS) is 22.1. The van der Waals surface area contributed by atoms with E-state index in [4.69, 9.17) is 5.73 Å². The van der Waals surface area contributed by atoms with Gasteiger partial charge in [0.1, 0.15) is 0 Å². The van der Waals surface area contributed by atoms with Crippen molar-refractivity contribution in [3.8, 4) is 0 Å². The first kappa shape index (κ1) is 12.7. The molecule has 0 spiro atoms. The number of benzene rings is 1. The maximum Gasteiger partial charge on any atom is 0.244 e. The lowest BCUT2D eigenvalue weighted by atomic mass is 10.2. The van der Waals surface area contributed by atoms with Crippen LogP contribution in [0.25, 0.3) is 6.08 Å². The van der Waals surface area contributed by atoms with E-state index in [0.717, 1.165) is 17.7 Å². The lowest BCUT2D eigenvalue weighted by Crippen LogP contribution is -2.24. The van der Waals surface area contributed by atoms with Gasteiger partial charge in [0, 0.05) is 17.8 Å². The van der Waals surface area contributed by atoms with E-state index in [9.17, 15) is 4.79 Å². The van der Waals surface area contributed by atoms with Crippen LogP contribution < -0.4 is 11.1 Å². The number of carbonyl (C=O) groups excluding carboxylic acids is 1. The summed E-state index contributed by atoms with van der Waals surface area (Å²) in [6, 6.07) is 7.85. The van der Waals surface area contributed by atoms with Crippen molar-refractivity contribution >= 4 is 17.7 Å². The van der Waals surface area contributed by atoms with Crippen LogP contribution in [0.5, 0.6) is 0 Å². The summed E-state index contributed by atoms with van der Waals surface area (Å²) in [5.74, 6) is 0.694. The SMILES string of the molecule is CCCC1CC1NC(=O)/C=C/c1ccc(N)cc1. The van der Waals surface area contributed by atoms with Crippen molar-refractivity contribution < 1.29 is 4.79 Å². The molecule has 1 saturated carbocycles. The molecular formula is C15H20N2O. The third-order valence-corrected chi connectivity index (χ3v) is 3.27. The Kier molecular flexibility index (Phi) is 4.03. The molecule has 2 rings (SSSR count). The fourth-order valence-corrected chi connectivity index (χ4v) is 2.12. The quantitative estimate of drug-likeness (QED) is 0.618. The number of rotatable bonds is 5. The number of carbonyl (C=O) groups is 1. The summed E-state index contributed by atoms with van der Waals surface area (Å²) in [4.78, 5) is 11.7. The Labute approximate surface area is 108 Å². The molecule has 2 atom stereocenters. The van der Waals surface area contributed by atoms with Gasteiger partial charge in [-0.25, -0.2) is 0 Å². The predicted octanol–water partition coefficient (Wildman–Crippen LogP) is 2.59. The van der Waals surface area contributed by atoms with E-state index >= 15 is 0 Å². The second-order valence-corrected chi connectivity index (χ2v) is 4.90. The van der Waals surface area contributed by atoms with Crippen molar-refractivity contribution in [3.05, 3.63) is 35.9 Å². The van der Waals surface area contributed by atoms with Gasteiger partial charge in [-0.15, -0.1) is 0 Å². The van der Waals surface area contributed by atoms with Crippen LogP contribution in [0.2, 0.25) is 0 Å². The molecule has 0 saturated heterocycles. The highest BCUT2D eigenvalue weighted by Crippen LogP contribution is 2.34. The van der Waals surface area contributed by atoms with Gasteiger partial charge in [-0.3, -0.25) is 4.79 Å². The van der Waals surface area contributed by atoms with Crippen molar-refractivity contribution in [1.82, 2.24) is 5.32 Å². The molecule has 1 fully saturated rings. The van der Waals surface area contributed by atoms with Gasteiger partial charge < -0.3 is 11.1 Å². The van der Waals surface area contributed by atoms with E-state index in [0.29, 0.717) is 12.0 Å². The Balaban J connectivity index is 1.79. The van der Waals surface area contributed by atoms with Gasteiger partial charge in [0.05, 0.1) is 0 Å². The molecule has 3 N–H and O–H groups in total. The Morgan fingerprint density at radius 3 is 2.83 bits per heavy atom. The highest BCUT2D eigenvalue weighted by atomic mass is 16.1. The van der Waals surface area contributed by atoms with Crippen LogP contribution >= 0.6 is 0 Å². The van der Waals surface area contributed by atoms with Gasteiger partial charge in [-0.1, -0.05) is 25.5 Å². The minimum absolute atomic E-state index is 0.00423. The number of nitrogen functional groups attached to an aromatic ring is 1. The van der Waals surface area contributed by atoms with Gasteiger partial charge in [-0.2, -0.15) is 0 Å². The van der Waals surface area contributed by atoms with Crippen LogP contribution in [0, 0.1) is 5.92 Å². The minimum atomic E-state index is -0.00423. The molecule has 1 aromatic carbocycles. The maximum atomic E-state index is 11.7.